The van der Waals surface area contributed by atoms with Crippen LogP contribution in [0.25, 0.3) is 11.1 Å². The highest BCUT2D eigenvalue weighted by molar-refractivity contribution is 5.71. The van der Waals surface area contributed by atoms with E-state index in [9.17, 15) is 5.11 Å². The van der Waals surface area contributed by atoms with Crippen molar-refractivity contribution in [2.45, 2.75) is 40.2 Å². The summed E-state index contributed by atoms with van der Waals surface area (Å²) in [7, 11) is 0. The standard InChI is InChI=1S/C15H20N2O/c1-4-6-13-14(15(18)17(5-2)16-13)12-9-7-11(3)8-10-12/h7-10,18H,4-6H2,1-3H3. The Morgan fingerprint density at radius 1 is 1.17 bits per heavy atom. The molecule has 0 radical (unpaired) electrons. The van der Waals surface area contributed by atoms with E-state index >= 15 is 0 Å². The van der Waals surface area contributed by atoms with Crippen molar-refractivity contribution in [3.8, 4) is 17.0 Å². The molecule has 0 aliphatic rings. The second-order valence-corrected chi connectivity index (χ2v) is 4.58. The lowest BCUT2D eigenvalue weighted by Gasteiger charge is -2.03. The quantitative estimate of drug-likeness (QED) is 0.893. The minimum absolute atomic E-state index is 0.282. The first kappa shape index (κ1) is 12.7. The molecule has 0 aliphatic carbocycles. The topological polar surface area (TPSA) is 38.0 Å². The molecule has 0 atom stereocenters. The Labute approximate surface area is 108 Å². The predicted octanol–water partition coefficient (Wildman–Crippen LogP) is 3.54. The molecule has 0 saturated heterocycles. The van der Waals surface area contributed by atoms with Crippen molar-refractivity contribution in [2.75, 3.05) is 0 Å². The Kier molecular flexibility index (Phi) is 3.70. The summed E-state index contributed by atoms with van der Waals surface area (Å²) in [5.74, 6) is 0.282. The van der Waals surface area contributed by atoms with Gasteiger partial charge in [-0.3, -0.25) is 0 Å². The van der Waals surface area contributed by atoms with Gasteiger partial charge >= 0.3 is 0 Å². The van der Waals surface area contributed by atoms with Gasteiger partial charge in [0.2, 0.25) is 5.88 Å². The van der Waals surface area contributed by atoms with Crippen LogP contribution in [0, 0.1) is 6.92 Å². The van der Waals surface area contributed by atoms with Crippen LogP contribution in [-0.2, 0) is 13.0 Å². The van der Waals surface area contributed by atoms with Gasteiger partial charge in [-0.1, -0.05) is 43.2 Å². The third kappa shape index (κ3) is 2.26. The molecular formula is C15H20N2O. The summed E-state index contributed by atoms with van der Waals surface area (Å²) in [6.07, 6.45) is 1.92. The largest absolute Gasteiger partial charge is 0.493 e. The van der Waals surface area contributed by atoms with E-state index < -0.39 is 0 Å². The van der Waals surface area contributed by atoms with Gasteiger partial charge in [0.15, 0.2) is 0 Å². The number of rotatable bonds is 4. The highest BCUT2D eigenvalue weighted by Crippen LogP contribution is 2.33. The number of nitrogens with zero attached hydrogens (tertiary/aromatic N) is 2. The van der Waals surface area contributed by atoms with Gasteiger partial charge in [0.25, 0.3) is 0 Å². The molecule has 0 amide bonds. The zero-order chi connectivity index (χ0) is 13.1. The first-order valence-electron chi connectivity index (χ1n) is 6.53. The molecule has 0 spiro atoms. The van der Waals surface area contributed by atoms with E-state index in [1.807, 2.05) is 19.1 Å². The van der Waals surface area contributed by atoms with Crippen molar-refractivity contribution in [1.82, 2.24) is 9.78 Å². The van der Waals surface area contributed by atoms with Crippen molar-refractivity contribution < 1.29 is 5.11 Å². The summed E-state index contributed by atoms with van der Waals surface area (Å²) >= 11 is 0. The highest BCUT2D eigenvalue weighted by Gasteiger charge is 2.17. The maximum atomic E-state index is 10.3. The van der Waals surface area contributed by atoms with E-state index in [2.05, 4.69) is 31.1 Å². The molecule has 2 rings (SSSR count). The van der Waals surface area contributed by atoms with Crippen LogP contribution < -0.4 is 0 Å². The van der Waals surface area contributed by atoms with E-state index in [1.54, 1.807) is 4.68 Å². The van der Waals surface area contributed by atoms with Crippen molar-refractivity contribution in [2.24, 2.45) is 0 Å². The lowest BCUT2D eigenvalue weighted by molar-refractivity contribution is 0.406. The molecule has 1 aromatic heterocycles. The lowest BCUT2D eigenvalue weighted by Crippen LogP contribution is -1.96. The molecule has 0 bridgehead atoms. The molecule has 1 aromatic carbocycles. The molecule has 18 heavy (non-hydrogen) atoms. The number of hydrogen-bond acceptors (Lipinski definition) is 2. The van der Waals surface area contributed by atoms with Gasteiger partial charge in [-0.25, -0.2) is 4.68 Å². The second-order valence-electron chi connectivity index (χ2n) is 4.58. The first-order valence-corrected chi connectivity index (χ1v) is 6.53. The van der Waals surface area contributed by atoms with Gasteiger partial charge in [0.05, 0.1) is 11.3 Å². The SMILES string of the molecule is CCCc1nn(CC)c(O)c1-c1ccc(C)cc1. The van der Waals surface area contributed by atoms with Crippen LogP contribution in [0.2, 0.25) is 0 Å². The number of hydrogen-bond donors (Lipinski definition) is 1. The summed E-state index contributed by atoms with van der Waals surface area (Å²) < 4.78 is 1.67. The fourth-order valence-corrected chi connectivity index (χ4v) is 2.15. The van der Waals surface area contributed by atoms with Crippen LogP contribution >= 0.6 is 0 Å². The van der Waals surface area contributed by atoms with Crippen LogP contribution in [-0.4, -0.2) is 14.9 Å². The minimum Gasteiger partial charge on any atom is -0.493 e. The molecule has 96 valence electrons. The maximum absolute atomic E-state index is 10.3. The molecule has 3 nitrogen and oxygen atoms in total. The third-order valence-electron chi connectivity index (χ3n) is 3.12. The van der Waals surface area contributed by atoms with E-state index in [-0.39, 0.29) is 5.88 Å². The molecule has 1 N–H and O–H groups in total. The van der Waals surface area contributed by atoms with Crippen LogP contribution in [0.15, 0.2) is 24.3 Å². The maximum Gasteiger partial charge on any atom is 0.217 e. The Bertz CT molecular complexity index is 526. The molecule has 0 saturated carbocycles. The van der Waals surface area contributed by atoms with E-state index in [0.29, 0.717) is 6.54 Å². The zero-order valence-corrected chi connectivity index (χ0v) is 11.3. The predicted molar refractivity (Wildman–Crippen MR) is 73.7 cm³/mol. The fourth-order valence-electron chi connectivity index (χ4n) is 2.15. The van der Waals surface area contributed by atoms with E-state index in [0.717, 1.165) is 29.7 Å². The van der Waals surface area contributed by atoms with Gasteiger partial charge in [-0.15, -0.1) is 0 Å². The van der Waals surface area contributed by atoms with Crippen LogP contribution in [0.3, 0.4) is 0 Å². The number of aryl methyl sites for hydroxylation is 3. The third-order valence-corrected chi connectivity index (χ3v) is 3.12. The highest BCUT2D eigenvalue weighted by atomic mass is 16.3. The molecule has 0 aliphatic heterocycles. The average Bonchev–Trinajstić information content (AvgIpc) is 2.68. The summed E-state index contributed by atoms with van der Waals surface area (Å²) in [6, 6.07) is 8.22. The Balaban J connectivity index is 2.53. The molecule has 2 aromatic rings. The van der Waals surface area contributed by atoms with Crippen LogP contribution in [0.4, 0.5) is 0 Å². The van der Waals surface area contributed by atoms with Crippen LogP contribution in [0.1, 0.15) is 31.5 Å². The van der Waals surface area contributed by atoms with Gasteiger partial charge in [0, 0.05) is 6.54 Å². The summed E-state index contributed by atoms with van der Waals surface area (Å²) in [4.78, 5) is 0. The van der Waals surface area contributed by atoms with Crippen molar-refractivity contribution >= 4 is 0 Å². The smallest absolute Gasteiger partial charge is 0.217 e. The first-order chi connectivity index (χ1) is 8.67. The van der Waals surface area contributed by atoms with Crippen LogP contribution in [0.5, 0.6) is 5.88 Å². The Morgan fingerprint density at radius 3 is 2.39 bits per heavy atom. The van der Waals surface area contributed by atoms with Crippen molar-refractivity contribution in [3.63, 3.8) is 0 Å². The number of aromatic nitrogens is 2. The van der Waals surface area contributed by atoms with Gasteiger partial charge in [0.1, 0.15) is 0 Å². The molecule has 0 unspecified atom stereocenters. The van der Waals surface area contributed by atoms with Gasteiger partial charge in [-0.05, 0) is 25.8 Å². The normalized spacial score (nSPS) is 10.8. The summed E-state index contributed by atoms with van der Waals surface area (Å²) in [5, 5.41) is 14.7. The van der Waals surface area contributed by atoms with Crippen molar-refractivity contribution in [3.05, 3.63) is 35.5 Å². The van der Waals surface area contributed by atoms with Gasteiger partial charge < -0.3 is 5.11 Å². The zero-order valence-electron chi connectivity index (χ0n) is 11.3. The summed E-state index contributed by atoms with van der Waals surface area (Å²) in [5.41, 5.74) is 4.14. The molecule has 1 heterocycles. The Morgan fingerprint density at radius 2 is 1.83 bits per heavy atom. The number of aromatic hydroxyl groups is 1. The Hall–Kier alpha value is -1.77. The molecule has 0 fully saturated rings. The number of benzene rings is 1. The fraction of sp³-hybridized carbons (Fsp3) is 0.400. The second kappa shape index (κ2) is 5.25. The van der Waals surface area contributed by atoms with Gasteiger partial charge in [-0.2, -0.15) is 5.10 Å². The molecule has 3 heteroatoms. The lowest BCUT2D eigenvalue weighted by atomic mass is 10.0. The van der Waals surface area contributed by atoms with Crippen molar-refractivity contribution in [1.29, 1.82) is 0 Å². The van der Waals surface area contributed by atoms with E-state index in [4.69, 9.17) is 0 Å². The average molecular weight is 244 g/mol. The minimum atomic E-state index is 0.282. The van der Waals surface area contributed by atoms with E-state index in [1.165, 1.54) is 5.56 Å². The molecular weight excluding hydrogens is 224 g/mol. The monoisotopic (exact) mass is 244 g/mol. The summed E-state index contributed by atoms with van der Waals surface area (Å²) in [6.45, 7) is 6.86.